The predicted octanol–water partition coefficient (Wildman–Crippen LogP) is 2.77. The van der Waals surface area contributed by atoms with Gasteiger partial charge in [-0.05, 0) is 36.8 Å². The minimum absolute atomic E-state index is 0.131. The molecular weight excluding hydrogens is 376 g/mol. The van der Waals surface area contributed by atoms with Gasteiger partial charge in [-0.25, -0.2) is 4.98 Å². The summed E-state index contributed by atoms with van der Waals surface area (Å²) < 4.78 is 6.26. The summed E-state index contributed by atoms with van der Waals surface area (Å²) in [5.74, 6) is 0.199. The van der Waals surface area contributed by atoms with Gasteiger partial charge in [0.25, 0.3) is 11.2 Å². The van der Waals surface area contributed by atoms with Crippen LogP contribution in [0.4, 0.5) is 11.4 Å². The van der Waals surface area contributed by atoms with E-state index in [2.05, 4.69) is 10.3 Å². The number of hydrogen-bond acceptors (Lipinski definition) is 6. The van der Waals surface area contributed by atoms with Crippen LogP contribution in [0, 0.1) is 17.0 Å². The van der Waals surface area contributed by atoms with Crippen molar-refractivity contribution >= 4 is 17.3 Å². The maximum Gasteiger partial charge on any atom is 0.271 e. The molecule has 9 nitrogen and oxygen atoms in total. The Bertz CT molecular complexity index is 1120. The van der Waals surface area contributed by atoms with Crippen LogP contribution in [0.1, 0.15) is 5.56 Å². The average Bonchev–Trinajstić information content (AvgIpc) is 2.71. The predicted molar refractivity (Wildman–Crippen MR) is 107 cm³/mol. The van der Waals surface area contributed by atoms with Gasteiger partial charge in [-0.15, -0.1) is 0 Å². The van der Waals surface area contributed by atoms with Crippen LogP contribution in [-0.4, -0.2) is 27.5 Å². The number of carbonyl (C=O) groups excluding carboxylic acids is 1. The molecule has 2 aromatic carbocycles. The summed E-state index contributed by atoms with van der Waals surface area (Å²) >= 11 is 0. The summed E-state index contributed by atoms with van der Waals surface area (Å²) in [5, 5.41) is 13.5. The molecule has 0 aliphatic rings. The number of non-ortho nitro benzene ring substituents is 1. The number of carbonyl (C=O) groups is 1. The highest BCUT2D eigenvalue weighted by atomic mass is 16.6. The van der Waals surface area contributed by atoms with E-state index >= 15 is 0 Å². The summed E-state index contributed by atoms with van der Waals surface area (Å²) in [6.07, 6.45) is 1.29. The lowest BCUT2D eigenvalue weighted by Crippen LogP contribution is -2.27. The Morgan fingerprint density at radius 3 is 2.55 bits per heavy atom. The number of nitrogens with zero attached hydrogens (tertiary/aromatic N) is 3. The molecule has 0 spiro atoms. The molecule has 0 fully saturated rings. The van der Waals surface area contributed by atoms with Crippen molar-refractivity contribution in [3.8, 4) is 17.0 Å². The Hall–Kier alpha value is -4.01. The van der Waals surface area contributed by atoms with Gasteiger partial charge in [-0.1, -0.05) is 6.07 Å². The third-order valence-electron chi connectivity index (χ3n) is 4.29. The Morgan fingerprint density at radius 1 is 1.21 bits per heavy atom. The van der Waals surface area contributed by atoms with Crippen molar-refractivity contribution in [2.24, 2.45) is 0 Å². The highest BCUT2D eigenvalue weighted by Gasteiger charge is 2.12. The summed E-state index contributed by atoms with van der Waals surface area (Å²) in [5.41, 5.74) is 1.69. The molecule has 0 aliphatic carbocycles. The standard InChI is InChI=1S/C20H18N4O5/c1-13-3-6-15(24(27)28)9-17(13)22-19(25)11-23-12-21-18(10-20(23)26)14-4-7-16(29-2)8-5-14/h3-10,12H,11H2,1-2H3,(H,22,25). The highest BCUT2D eigenvalue weighted by molar-refractivity contribution is 5.91. The van der Waals surface area contributed by atoms with E-state index in [1.165, 1.54) is 24.5 Å². The second-order valence-electron chi connectivity index (χ2n) is 6.27. The van der Waals surface area contributed by atoms with Crippen molar-refractivity contribution in [3.05, 3.63) is 80.9 Å². The number of hydrogen-bond donors (Lipinski definition) is 1. The van der Waals surface area contributed by atoms with Crippen LogP contribution < -0.4 is 15.6 Å². The Kier molecular flexibility index (Phi) is 5.68. The molecule has 1 aromatic heterocycles. The van der Waals surface area contributed by atoms with Crippen LogP contribution in [0.3, 0.4) is 0 Å². The maximum absolute atomic E-state index is 12.4. The van der Waals surface area contributed by atoms with E-state index in [0.29, 0.717) is 22.7 Å². The Labute approximate surface area is 165 Å². The first-order chi connectivity index (χ1) is 13.9. The van der Waals surface area contributed by atoms with Crippen molar-refractivity contribution in [3.63, 3.8) is 0 Å². The van der Waals surface area contributed by atoms with E-state index < -0.39 is 16.4 Å². The van der Waals surface area contributed by atoms with Crippen LogP contribution in [0.25, 0.3) is 11.3 Å². The molecule has 3 rings (SSSR count). The normalized spacial score (nSPS) is 10.4. The molecule has 9 heteroatoms. The number of aromatic nitrogens is 2. The molecule has 0 aliphatic heterocycles. The number of benzene rings is 2. The minimum Gasteiger partial charge on any atom is -0.497 e. The van der Waals surface area contributed by atoms with Crippen molar-refractivity contribution in [2.75, 3.05) is 12.4 Å². The quantitative estimate of drug-likeness (QED) is 0.508. The Balaban J connectivity index is 1.75. The lowest BCUT2D eigenvalue weighted by atomic mass is 10.1. The van der Waals surface area contributed by atoms with Gasteiger partial charge in [-0.2, -0.15) is 0 Å². The summed E-state index contributed by atoms with van der Waals surface area (Å²) in [6, 6.07) is 12.6. The van der Waals surface area contributed by atoms with E-state index in [9.17, 15) is 19.7 Å². The molecule has 148 valence electrons. The van der Waals surface area contributed by atoms with Crippen molar-refractivity contribution in [2.45, 2.75) is 13.5 Å². The zero-order chi connectivity index (χ0) is 21.0. The largest absolute Gasteiger partial charge is 0.497 e. The fourth-order valence-corrected chi connectivity index (χ4v) is 2.67. The number of nitrogens with one attached hydrogen (secondary N) is 1. The molecule has 1 N–H and O–H groups in total. The molecule has 1 amide bonds. The number of nitro benzene ring substituents is 1. The first-order valence-electron chi connectivity index (χ1n) is 8.63. The van der Waals surface area contributed by atoms with Gasteiger partial charge in [0.15, 0.2) is 0 Å². The van der Waals surface area contributed by atoms with Gasteiger partial charge in [0.05, 0.1) is 29.7 Å². The molecular formula is C20H18N4O5. The number of aryl methyl sites for hydroxylation is 1. The van der Waals surface area contributed by atoms with Crippen LogP contribution >= 0.6 is 0 Å². The SMILES string of the molecule is COc1ccc(-c2cc(=O)n(CC(=O)Nc3cc([N+](=O)[O-])ccc3C)cn2)cc1. The lowest BCUT2D eigenvalue weighted by Gasteiger charge is -2.10. The van der Waals surface area contributed by atoms with E-state index in [0.717, 1.165) is 10.1 Å². The Morgan fingerprint density at radius 2 is 1.93 bits per heavy atom. The van der Waals surface area contributed by atoms with Gasteiger partial charge in [0, 0.05) is 23.8 Å². The molecule has 0 atom stereocenters. The third-order valence-corrected chi connectivity index (χ3v) is 4.29. The van der Waals surface area contributed by atoms with Crippen molar-refractivity contribution < 1.29 is 14.5 Å². The topological polar surface area (TPSA) is 116 Å². The lowest BCUT2D eigenvalue weighted by molar-refractivity contribution is -0.384. The molecule has 3 aromatic rings. The third kappa shape index (κ3) is 4.64. The molecule has 29 heavy (non-hydrogen) atoms. The van der Waals surface area contributed by atoms with Crippen molar-refractivity contribution in [1.82, 2.24) is 9.55 Å². The number of methoxy groups -OCH3 is 1. The zero-order valence-corrected chi connectivity index (χ0v) is 15.8. The number of ether oxygens (including phenoxy) is 1. The summed E-state index contributed by atoms with van der Waals surface area (Å²) in [6.45, 7) is 1.45. The van der Waals surface area contributed by atoms with Gasteiger partial charge in [0.1, 0.15) is 12.3 Å². The molecule has 0 unspecified atom stereocenters. The van der Waals surface area contributed by atoms with E-state index in [1.54, 1.807) is 44.4 Å². The van der Waals surface area contributed by atoms with Gasteiger partial charge in [0.2, 0.25) is 5.91 Å². The van der Waals surface area contributed by atoms with Crippen LogP contribution in [0.5, 0.6) is 5.75 Å². The number of rotatable bonds is 6. The molecule has 0 radical (unpaired) electrons. The first-order valence-corrected chi connectivity index (χ1v) is 8.63. The first kappa shape index (κ1) is 19.7. The van der Waals surface area contributed by atoms with Crippen LogP contribution in [0.2, 0.25) is 0 Å². The smallest absolute Gasteiger partial charge is 0.271 e. The molecule has 0 bridgehead atoms. The zero-order valence-electron chi connectivity index (χ0n) is 15.8. The van der Waals surface area contributed by atoms with Gasteiger partial charge < -0.3 is 10.1 Å². The van der Waals surface area contributed by atoms with E-state index in [-0.39, 0.29) is 12.2 Å². The fraction of sp³-hybridized carbons (Fsp3) is 0.150. The van der Waals surface area contributed by atoms with Crippen LogP contribution in [0.15, 0.2) is 59.7 Å². The highest BCUT2D eigenvalue weighted by Crippen LogP contribution is 2.22. The second-order valence-corrected chi connectivity index (χ2v) is 6.27. The van der Waals surface area contributed by atoms with E-state index in [4.69, 9.17) is 4.74 Å². The number of nitro groups is 1. The van der Waals surface area contributed by atoms with E-state index in [1.807, 2.05) is 0 Å². The molecule has 1 heterocycles. The fourth-order valence-electron chi connectivity index (χ4n) is 2.67. The monoisotopic (exact) mass is 394 g/mol. The minimum atomic E-state index is -0.540. The summed E-state index contributed by atoms with van der Waals surface area (Å²) in [4.78, 5) is 39.3. The van der Waals surface area contributed by atoms with Gasteiger partial charge >= 0.3 is 0 Å². The summed E-state index contributed by atoms with van der Waals surface area (Å²) in [7, 11) is 1.56. The average molecular weight is 394 g/mol. The molecule has 0 saturated carbocycles. The second kappa shape index (κ2) is 8.34. The van der Waals surface area contributed by atoms with Crippen LogP contribution in [-0.2, 0) is 11.3 Å². The van der Waals surface area contributed by atoms with Gasteiger partial charge in [-0.3, -0.25) is 24.3 Å². The molecule has 0 saturated heterocycles. The van der Waals surface area contributed by atoms with Crippen molar-refractivity contribution in [1.29, 1.82) is 0 Å². The maximum atomic E-state index is 12.4. The number of amides is 1. The number of anilines is 1.